The summed E-state index contributed by atoms with van der Waals surface area (Å²) >= 11 is 0. The Labute approximate surface area is 349 Å². The molecule has 1 aliphatic rings. The second-order valence-corrected chi connectivity index (χ2v) is 16.2. The molecule has 0 radical (unpaired) electrons. The first-order valence-corrected chi connectivity index (χ1v) is 20.5. The molecular formula is C44H67N5O10. The van der Waals surface area contributed by atoms with Crippen LogP contribution in [-0.4, -0.2) is 120 Å². The number of allylic oxidation sites excluding steroid dienone is 1. The van der Waals surface area contributed by atoms with Gasteiger partial charge in [-0.15, -0.1) is 0 Å². The molecular weight excluding hydrogens is 759 g/mol. The zero-order valence-electron chi connectivity index (χ0n) is 36.9. The summed E-state index contributed by atoms with van der Waals surface area (Å²) in [5, 5.41) is 19.3. The van der Waals surface area contributed by atoms with Crippen LogP contribution in [0, 0.1) is 17.8 Å². The third kappa shape index (κ3) is 14.9. The minimum Gasteiger partial charge on any atom is -0.456 e. The van der Waals surface area contributed by atoms with Gasteiger partial charge in [-0.3, -0.25) is 24.0 Å². The Hall–Kier alpha value is -5.05. The average Bonchev–Trinajstić information content (AvgIpc) is 3.20. The first-order valence-electron chi connectivity index (χ1n) is 20.5. The molecule has 0 spiro atoms. The van der Waals surface area contributed by atoms with E-state index in [1.807, 2.05) is 26.8 Å². The van der Waals surface area contributed by atoms with E-state index in [1.165, 1.54) is 50.7 Å². The van der Waals surface area contributed by atoms with Crippen LogP contribution in [0.25, 0.3) is 0 Å². The highest BCUT2D eigenvalue weighted by atomic mass is 16.6. The van der Waals surface area contributed by atoms with E-state index in [2.05, 4.69) is 16.0 Å². The molecule has 1 aromatic carbocycles. The number of aliphatic hydroxyl groups excluding tert-OH is 1. The van der Waals surface area contributed by atoms with Crippen molar-refractivity contribution >= 4 is 41.5 Å². The van der Waals surface area contributed by atoms with Gasteiger partial charge in [-0.25, -0.2) is 9.59 Å². The molecule has 0 bridgehead atoms. The van der Waals surface area contributed by atoms with E-state index in [9.17, 15) is 38.7 Å². The molecule has 0 aliphatic carbocycles. The second-order valence-electron chi connectivity index (χ2n) is 16.2. The Morgan fingerprint density at radius 2 is 1.51 bits per heavy atom. The summed E-state index contributed by atoms with van der Waals surface area (Å²) < 4.78 is 11.5. The zero-order chi connectivity index (χ0) is 44.7. The lowest BCUT2D eigenvalue weighted by Crippen LogP contribution is -2.57. The number of rotatable bonds is 7. The summed E-state index contributed by atoms with van der Waals surface area (Å²) in [6.07, 6.45) is 0.687. The van der Waals surface area contributed by atoms with Gasteiger partial charge in [0.2, 0.25) is 23.6 Å². The molecule has 328 valence electrons. The van der Waals surface area contributed by atoms with Crippen LogP contribution < -0.4 is 16.0 Å². The van der Waals surface area contributed by atoms with Crippen molar-refractivity contribution in [3.8, 4) is 0 Å². The number of nitrogens with zero attached hydrogens (tertiary/aromatic N) is 2. The van der Waals surface area contributed by atoms with Gasteiger partial charge >= 0.3 is 11.9 Å². The van der Waals surface area contributed by atoms with Gasteiger partial charge in [0.1, 0.15) is 30.3 Å². The van der Waals surface area contributed by atoms with Crippen LogP contribution in [-0.2, 0) is 49.5 Å². The molecule has 4 N–H and O–H groups in total. The van der Waals surface area contributed by atoms with Crippen molar-refractivity contribution in [1.29, 1.82) is 0 Å². The van der Waals surface area contributed by atoms with Crippen molar-refractivity contribution in [2.24, 2.45) is 17.8 Å². The maximum atomic E-state index is 14.1. The van der Waals surface area contributed by atoms with Crippen molar-refractivity contribution in [3.05, 3.63) is 59.2 Å². The number of carbonyl (C=O) groups is 7. The summed E-state index contributed by atoms with van der Waals surface area (Å²) in [6.45, 7) is 16.5. The first-order chi connectivity index (χ1) is 27.6. The van der Waals surface area contributed by atoms with E-state index in [4.69, 9.17) is 9.47 Å². The molecule has 1 aliphatic heterocycles. The number of ether oxygens (including phenoxy) is 2. The smallest absolute Gasteiger partial charge is 0.334 e. The number of likely N-dealkylation sites (N-methyl/N-ethyl adjacent to an activating group) is 2. The largest absolute Gasteiger partial charge is 0.456 e. The van der Waals surface area contributed by atoms with Gasteiger partial charge in [0.05, 0.1) is 12.6 Å². The molecule has 15 heteroatoms. The molecule has 5 amide bonds. The number of esters is 2. The number of cyclic esters (lactones) is 2. The second kappa shape index (κ2) is 23.5. The summed E-state index contributed by atoms with van der Waals surface area (Å²) in [4.78, 5) is 98.0. The Kier molecular flexibility index (Phi) is 20.0. The predicted octanol–water partition coefficient (Wildman–Crippen LogP) is 3.24. The van der Waals surface area contributed by atoms with Crippen LogP contribution >= 0.6 is 0 Å². The Bertz CT molecular complexity index is 1700. The lowest BCUT2D eigenvalue weighted by atomic mass is 9.90. The molecule has 0 saturated heterocycles. The quantitative estimate of drug-likeness (QED) is 0.234. The van der Waals surface area contributed by atoms with Gasteiger partial charge in [-0.1, -0.05) is 83.5 Å². The van der Waals surface area contributed by atoms with E-state index in [1.54, 1.807) is 58.0 Å². The van der Waals surface area contributed by atoms with Crippen LogP contribution in [0.1, 0.15) is 94.1 Å². The lowest BCUT2D eigenvalue weighted by Gasteiger charge is -2.33. The monoisotopic (exact) mass is 825 g/mol. The van der Waals surface area contributed by atoms with Crippen molar-refractivity contribution in [2.45, 2.75) is 137 Å². The summed E-state index contributed by atoms with van der Waals surface area (Å²) in [6, 6.07) is 4.53. The highest BCUT2D eigenvalue weighted by Gasteiger charge is 2.36. The number of carbonyl (C=O) groups excluding carboxylic acids is 7. The number of hydrogen-bond acceptors (Lipinski definition) is 10. The first kappa shape index (κ1) is 50.1. The van der Waals surface area contributed by atoms with Gasteiger partial charge in [-0.2, -0.15) is 0 Å². The minimum atomic E-state index is -1.26. The standard InChI is InChI=1S/C44H67N5O10/c1-13-26(5)37-40(53)46-31(10)44(57)59-38(27(6)14-2)29(8)34(50)21-20-28(7)43(56)58-35(22-25(3)4)39(52)45-30(9)41(54)49(12)33(23-32-18-16-15-17-19-32)42(55)48(11)24-36(51)47-37/h14-20,25-26,29-31,33-35,37-38,50H,13,21-24H2,1-12H3,(H,45,52)(H,46,53)(H,47,51)/t26-,29-,30+,31-,33-,34-,35+,37-,38-/m0/s1. The maximum Gasteiger partial charge on any atom is 0.334 e. The van der Waals surface area contributed by atoms with E-state index in [0.717, 1.165) is 5.56 Å². The normalized spacial score (nSPS) is 27.9. The molecule has 59 heavy (non-hydrogen) atoms. The van der Waals surface area contributed by atoms with Crippen molar-refractivity contribution in [2.75, 3.05) is 20.6 Å². The fourth-order valence-electron chi connectivity index (χ4n) is 6.55. The molecule has 1 heterocycles. The van der Waals surface area contributed by atoms with Crippen LogP contribution in [0.4, 0.5) is 0 Å². The summed E-state index contributed by atoms with van der Waals surface area (Å²) in [7, 11) is 2.85. The molecule has 0 aromatic heterocycles. The molecule has 9 atom stereocenters. The molecule has 15 nitrogen and oxygen atoms in total. The summed E-state index contributed by atoms with van der Waals surface area (Å²) in [5.41, 5.74) is 1.51. The Morgan fingerprint density at radius 3 is 2.08 bits per heavy atom. The topological polar surface area (TPSA) is 201 Å². The summed E-state index contributed by atoms with van der Waals surface area (Å²) in [5.74, 6) is -5.83. The van der Waals surface area contributed by atoms with Gasteiger partial charge in [-0.05, 0) is 70.4 Å². The van der Waals surface area contributed by atoms with E-state index < -0.39 is 96.4 Å². The molecule has 2 rings (SSSR count). The van der Waals surface area contributed by atoms with Crippen molar-refractivity contribution in [3.63, 3.8) is 0 Å². The number of benzene rings is 1. The Balaban J connectivity index is 2.62. The van der Waals surface area contributed by atoms with Gasteiger partial charge in [0.15, 0.2) is 6.10 Å². The van der Waals surface area contributed by atoms with Crippen LogP contribution in [0.3, 0.4) is 0 Å². The lowest BCUT2D eigenvalue weighted by molar-refractivity contribution is -0.155. The molecule has 0 fully saturated rings. The van der Waals surface area contributed by atoms with Crippen LogP contribution in [0.2, 0.25) is 0 Å². The van der Waals surface area contributed by atoms with Crippen LogP contribution in [0.5, 0.6) is 0 Å². The molecule has 0 unspecified atom stereocenters. The fourth-order valence-corrected chi connectivity index (χ4v) is 6.55. The number of amides is 5. The van der Waals surface area contributed by atoms with Crippen molar-refractivity contribution in [1.82, 2.24) is 25.8 Å². The number of nitrogens with one attached hydrogen (secondary N) is 3. The molecule has 0 saturated carbocycles. The fraction of sp³-hybridized carbons (Fsp3) is 0.614. The number of hydrogen-bond donors (Lipinski definition) is 4. The SMILES string of the molecule is CC=C(C)[C@@H]1OC(=O)[C@H](C)NC(=O)[C@H]([C@@H](C)CC)NC(=O)CN(C)C(=O)[C@H](Cc2ccccc2)N(C)C(=O)[C@@H](C)NC(=O)[C@@H](CC(C)C)OC(=O)C(C)=CC[C@H](O)[C@@H]1C. The maximum absolute atomic E-state index is 14.1. The third-order valence-corrected chi connectivity index (χ3v) is 10.8. The highest BCUT2D eigenvalue weighted by Crippen LogP contribution is 2.24. The van der Waals surface area contributed by atoms with E-state index in [0.29, 0.717) is 12.0 Å². The average molecular weight is 826 g/mol. The molecule has 1 aromatic rings. The van der Waals surface area contributed by atoms with Crippen LogP contribution in [0.15, 0.2) is 53.6 Å². The Morgan fingerprint density at radius 1 is 0.898 bits per heavy atom. The van der Waals surface area contributed by atoms with E-state index in [-0.39, 0.29) is 36.7 Å². The third-order valence-electron chi connectivity index (χ3n) is 10.8. The van der Waals surface area contributed by atoms with E-state index >= 15 is 0 Å². The van der Waals surface area contributed by atoms with Gasteiger partial charge in [0.25, 0.3) is 5.91 Å². The minimum absolute atomic E-state index is 0.0211. The predicted molar refractivity (Wildman–Crippen MR) is 223 cm³/mol. The van der Waals surface area contributed by atoms with Crippen molar-refractivity contribution < 1.29 is 48.1 Å². The number of aliphatic hydroxyl groups is 1. The zero-order valence-corrected chi connectivity index (χ0v) is 36.9. The highest BCUT2D eigenvalue weighted by molar-refractivity contribution is 5.96. The van der Waals surface area contributed by atoms with Gasteiger partial charge < -0.3 is 40.3 Å². The van der Waals surface area contributed by atoms with Gasteiger partial charge in [0, 0.05) is 32.0 Å².